The molecule has 0 spiro atoms. The summed E-state index contributed by atoms with van der Waals surface area (Å²) in [7, 11) is 0. The number of aryl methyl sites for hydroxylation is 3. The Hall–Kier alpha value is -2.73. The minimum absolute atomic E-state index is 0.118. The Morgan fingerprint density at radius 2 is 2.00 bits per heavy atom. The maximum atomic E-state index is 12.6. The van der Waals surface area contributed by atoms with Crippen molar-refractivity contribution in [2.45, 2.75) is 52.6 Å². The lowest BCUT2D eigenvalue weighted by Crippen LogP contribution is -2.37. The Morgan fingerprint density at radius 1 is 1.21 bits per heavy atom. The van der Waals surface area contributed by atoms with E-state index < -0.39 is 0 Å². The van der Waals surface area contributed by atoms with Gasteiger partial charge in [0.05, 0.1) is 5.69 Å². The summed E-state index contributed by atoms with van der Waals surface area (Å²) in [5, 5.41) is 7.74. The average Bonchev–Trinajstić information content (AvgIpc) is 3.28. The third-order valence-corrected chi connectivity index (χ3v) is 5.77. The molecule has 1 amide bonds. The molecule has 0 saturated carbocycles. The first kappa shape index (κ1) is 19.6. The zero-order valence-electron chi connectivity index (χ0n) is 17.5. The van der Waals surface area contributed by atoms with Crippen LogP contribution < -0.4 is 5.32 Å². The average molecular weight is 392 g/mol. The van der Waals surface area contributed by atoms with E-state index in [1.807, 2.05) is 30.5 Å². The summed E-state index contributed by atoms with van der Waals surface area (Å²) in [6.45, 7) is 8.93. The van der Waals surface area contributed by atoms with Crippen LogP contribution in [0.25, 0.3) is 5.65 Å². The van der Waals surface area contributed by atoms with Crippen molar-refractivity contribution in [3.63, 3.8) is 0 Å². The van der Waals surface area contributed by atoms with Crippen LogP contribution in [0.3, 0.4) is 0 Å². The number of hydrogen-bond acceptors (Lipinski definition) is 4. The maximum absolute atomic E-state index is 12.6. The molecule has 6 heteroatoms. The third kappa shape index (κ3) is 4.48. The molecule has 1 N–H and O–H groups in total. The van der Waals surface area contributed by atoms with Gasteiger partial charge in [0.25, 0.3) is 0 Å². The molecule has 0 aliphatic carbocycles. The maximum Gasteiger partial charge on any atom is 0.220 e. The van der Waals surface area contributed by atoms with E-state index in [9.17, 15) is 4.79 Å². The Kier molecular flexibility index (Phi) is 5.62. The van der Waals surface area contributed by atoms with Gasteiger partial charge in [-0.3, -0.25) is 9.69 Å². The predicted molar refractivity (Wildman–Crippen MR) is 114 cm³/mol. The lowest BCUT2D eigenvalue weighted by Gasteiger charge is -2.17. The minimum atomic E-state index is 0.118. The van der Waals surface area contributed by atoms with Crippen molar-refractivity contribution in [1.29, 1.82) is 0 Å². The second-order valence-corrected chi connectivity index (χ2v) is 8.09. The molecule has 2 aromatic heterocycles. The predicted octanol–water partition coefficient (Wildman–Crippen LogP) is 2.98. The summed E-state index contributed by atoms with van der Waals surface area (Å²) >= 11 is 0. The lowest BCUT2D eigenvalue weighted by molar-refractivity contribution is -0.121. The third-order valence-electron chi connectivity index (χ3n) is 5.77. The fourth-order valence-corrected chi connectivity index (χ4v) is 4.28. The number of nitrogens with one attached hydrogen (secondary N) is 1. The van der Waals surface area contributed by atoms with E-state index in [-0.39, 0.29) is 11.9 Å². The number of benzene rings is 1. The van der Waals surface area contributed by atoms with Gasteiger partial charge in [0.1, 0.15) is 0 Å². The number of aromatic nitrogens is 3. The van der Waals surface area contributed by atoms with Gasteiger partial charge in [-0.2, -0.15) is 5.10 Å². The second kappa shape index (κ2) is 8.33. The van der Waals surface area contributed by atoms with Crippen molar-refractivity contribution in [2.24, 2.45) is 0 Å². The van der Waals surface area contributed by atoms with Crippen molar-refractivity contribution in [3.8, 4) is 0 Å². The quantitative estimate of drug-likeness (QED) is 0.702. The molecule has 1 aliphatic rings. The zero-order valence-corrected chi connectivity index (χ0v) is 17.5. The van der Waals surface area contributed by atoms with Crippen molar-refractivity contribution >= 4 is 11.6 Å². The van der Waals surface area contributed by atoms with E-state index in [0.717, 1.165) is 54.3 Å². The molecule has 0 radical (unpaired) electrons. The number of nitrogens with zero attached hydrogens (tertiary/aromatic N) is 4. The zero-order chi connectivity index (χ0) is 20.4. The molecule has 1 aliphatic heterocycles. The van der Waals surface area contributed by atoms with Crippen LogP contribution in [-0.4, -0.2) is 44.5 Å². The molecule has 29 heavy (non-hydrogen) atoms. The van der Waals surface area contributed by atoms with Crippen LogP contribution in [0, 0.1) is 20.8 Å². The molecule has 3 heterocycles. The van der Waals surface area contributed by atoms with Gasteiger partial charge < -0.3 is 5.32 Å². The SMILES string of the molecule is Cc1cc2nc(C)c(CCC(=O)N[C@H]3CCN(Cc4ccccc4)C3)c(C)n2n1. The van der Waals surface area contributed by atoms with Crippen LogP contribution in [0.15, 0.2) is 36.4 Å². The molecule has 1 fully saturated rings. The standard InChI is InChI=1S/C23H29N5O/c1-16-13-22-24-17(2)21(18(3)28(22)26-16)9-10-23(29)25-20-11-12-27(15-20)14-19-7-5-4-6-8-19/h4-8,13,20H,9-12,14-15H2,1-3H3,(H,25,29)/t20-/m0/s1. The molecule has 0 unspecified atom stereocenters. The molecule has 4 rings (SSSR count). The number of hydrogen-bond donors (Lipinski definition) is 1. The Balaban J connectivity index is 1.31. The van der Waals surface area contributed by atoms with Crippen LogP contribution in [0.2, 0.25) is 0 Å². The number of amides is 1. The van der Waals surface area contributed by atoms with Gasteiger partial charge in [0.2, 0.25) is 5.91 Å². The molecule has 0 bridgehead atoms. The summed E-state index contributed by atoms with van der Waals surface area (Å²) in [6, 6.07) is 12.7. The largest absolute Gasteiger partial charge is 0.352 e. The molecular weight excluding hydrogens is 362 g/mol. The van der Waals surface area contributed by atoms with Gasteiger partial charge >= 0.3 is 0 Å². The number of rotatable bonds is 6. The first-order valence-electron chi connectivity index (χ1n) is 10.4. The molecule has 3 aromatic rings. The Morgan fingerprint density at radius 3 is 2.79 bits per heavy atom. The van der Waals surface area contributed by atoms with Crippen LogP contribution >= 0.6 is 0 Å². The fraction of sp³-hybridized carbons (Fsp3) is 0.435. The van der Waals surface area contributed by atoms with Gasteiger partial charge in [0.15, 0.2) is 5.65 Å². The number of carbonyl (C=O) groups is 1. The monoisotopic (exact) mass is 391 g/mol. The highest BCUT2D eigenvalue weighted by Crippen LogP contribution is 2.18. The van der Waals surface area contributed by atoms with E-state index in [1.165, 1.54) is 5.56 Å². The second-order valence-electron chi connectivity index (χ2n) is 8.09. The summed E-state index contributed by atoms with van der Waals surface area (Å²) in [5.41, 5.74) is 6.32. The Labute approximate surface area is 171 Å². The van der Waals surface area contributed by atoms with E-state index in [4.69, 9.17) is 0 Å². The first-order valence-corrected chi connectivity index (χ1v) is 10.4. The molecule has 6 nitrogen and oxygen atoms in total. The topological polar surface area (TPSA) is 62.5 Å². The van der Waals surface area contributed by atoms with E-state index >= 15 is 0 Å². The van der Waals surface area contributed by atoms with Gasteiger partial charge in [-0.1, -0.05) is 30.3 Å². The van der Waals surface area contributed by atoms with Crippen molar-refractivity contribution < 1.29 is 4.79 Å². The summed E-state index contributed by atoms with van der Waals surface area (Å²) in [6.07, 6.45) is 2.17. The van der Waals surface area contributed by atoms with Crippen LogP contribution in [0.5, 0.6) is 0 Å². The summed E-state index contributed by atoms with van der Waals surface area (Å²) < 4.78 is 1.88. The van der Waals surface area contributed by atoms with Crippen LogP contribution in [0.4, 0.5) is 0 Å². The molecular formula is C23H29N5O. The summed E-state index contributed by atoms with van der Waals surface area (Å²) in [5.74, 6) is 0.118. The highest BCUT2D eigenvalue weighted by atomic mass is 16.1. The molecule has 152 valence electrons. The smallest absolute Gasteiger partial charge is 0.220 e. The van der Waals surface area contributed by atoms with E-state index in [2.05, 4.69) is 51.5 Å². The highest BCUT2D eigenvalue weighted by molar-refractivity contribution is 5.76. The van der Waals surface area contributed by atoms with E-state index in [0.29, 0.717) is 12.8 Å². The van der Waals surface area contributed by atoms with Crippen molar-refractivity contribution in [1.82, 2.24) is 24.8 Å². The van der Waals surface area contributed by atoms with Gasteiger partial charge in [-0.25, -0.2) is 9.50 Å². The van der Waals surface area contributed by atoms with E-state index in [1.54, 1.807) is 0 Å². The van der Waals surface area contributed by atoms with Crippen LogP contribution in [-0.2, 0) is 17.8 Å². The van der Waals surface area contributed by atoms with Gasteiger partial charge in [-0.15, -0.1) is 0 Å². The Bertz CT molecular complexity index is 1010. The molecule has 1 atom stereocenters. The number of likely N-dealkylation sites (tertiary alicyclic amines) is 1. The van der Waals surface area contributed by atoms with Crippen LogP contribution in [0.1, 0.15) is 41.1 Å². The molecule has 1 aromatic carbocycles. The normalized spacial score (nSPS) is 17.1. The van der Waals surface area contributed by atoms with Gasteiger partial charge in [0, 0.05) is 49.6 Å². The van der Waals surface area contributed by atoms with Gasteiger partial charge in [-0.05, 0) is 44.7 Å². The fourth-order valence-electron chi connectivity index (χ4n) is 4.28. The molecule has 1 saturated heterocycles. The number of carbonyl (C=O) groups excluding carboxylic acids is 1. The van der Waals surface area contributed by atoms with Crippen molar-refractivity contribution in [3.05, 3.63) is 64.6 Å². The summed E-state index contributed by atoms with van der Waals surface area (Å²) in [4.78, 5) is 19.6. The lowest BCUT2D eigenvalue weighted by atomic mass is 10.1. The first-order chi connectivity index (χ1) is 14.0. The van der Waals surface area contributed by atoms with Crippen molar-refractivity contribution in [2.75, 3.05) is 13.1 Å². The highest BCUT2D eigenvalue weighted by Gasteiger charge is 2.24. The minimum Gasteiger partial charge on any atom is -0.352 e. The number of fused-ring (bicyclic) bond motifs is 1.